The molecule has 0 spiro atoms. The topological polar surface area (TPSA) is 105 Å². The lowest BCUT2D eigenvalue weighted by Crippen LogP contribution is -2.52. The van der Waals surface area contributed by atoms with Crippen LogP contribution in [0.2, 0.25) is 0 Å². The van der Waals surface area contributed by atoms with Gasteiger partial charge in [-0.15, -0.1) is 0 Å². The molecular formula is C13H14N2O5. The lowest BCUT2D eigenvalue weighted by atomic mass is 10.1. The maximum Gasteiger partial charge on any atom is 0.255 e. The van der Waals surface area contributed by atoms with E-state index >= 15 is 0 Å². The molecule has 1 fully saturated rings. The van der Waals surface area contributed by atoms with Crippen molar-refractivity contribution < 1.29 is 24.2 Å². The number of carbonyl (C=O) groups is 3. The number of ether oxygens (including phenoxy) is 1. The third-order valence-electron chi connectivity index (χ3n) is 2.99. The number of nitrogens with one attached hydrogen (secondary N) is 2. The number of rotatable bonds is 3. The largest absolute Gasteiger partial charge is 0.507 e. The summed E-state index contributed by atoms with van der Waals surface area (Å²) in [5.74, 6) is -1.30. The quantitative estimate of drug-likeness (QED) is 0.672. The van der Waals surface area contributed by atoms with Crippen LogP contribution in [0.15, 0.2) is 18.2 Å². The third kappa shape index (κ3) is 2.87. The minimum Gasteiger partial charge on any atom is -0.507 e. The molecule has 1 aliphatic heterocycles. The van der Waals surface area contributed by atoms with E-state index in [-0.39, 0.29) is 30.1 Å². The van der Waals surface area contributed by atoms with Gasteiger partial charge in [-0.2, -0.15) is 0 Å². The van der Waals surface area contributed by atoms with Crippen molar-refractivity contribution in [2.75, 3.05) is 7.11 Å². The summed E-state index contributed by atoms with van der Waals surface area (Å²) in [7, 11) is 1.44. The zero-order chi connectivity index (χ0) is 14.7. The van der Waals surface area contributed by atoms with E-state index in [4.69, 9.17) is 4.74 Å². The molecule has 0 bridgehead atoms. The van der Waals surface area contributed by atoms with E-state index in [2.05, 4.69) is 10.6 Å². The van der Waals surface area contributed by atoms with Crippen molar-refractivity contribution in [2.45, 2.75) is 18.9 Å². The Balaban J connectivity index is 2.12. The fourth-order valence-electron chi connectivity index (χ4n) is 1.89. The van der Waals surface area contributed by atoms with Gasteiger partial charge < -0.3 is 15.2 Å². The summed E-state index contributed by atoms with van der Waals surface area (Å²) < 4.78 is 4.97. The molecule has 7 heteroatoms. The van der Waals surface area contributed by atoms with Crippen LogP contribution in [0.1, 0.15) is 23.2 Å². The van der Waals surface area contributed by atoms with E-state index in [0.717, 1.165) is 0 Å². The van der Waals surface area contributed by atoms with Crippen LogP contribution in [0.25, 0.3) is 0 Å². The molecule has 1 aliphatic rings. The molecule has 7 nitrogen and oxygen atoms in total. The van der Waals surface area contributed by atoms with Gasteiger partial charge in [0.05, 0.1) is 12.7 Å². The number of carbonyl (C=O) groups excluding carboxylic acids is 3. The van der Waals surface area contributed by atoms with Crippen LogP contribution in [0.5, 0.6) is 11.5 Å². The summed E-state index contributed by atoms with van der Waals surface area (Å²) in [5, 5.41) is 14.3. The average molecular weight is 278 g/mol. The van der Waals surface area contributed by atoms with E-state index in [0.29, 0.717) is 5.75 Å². The second-order valence-corrected chi connectivity index (χ2v) is 4.36. The molecule has 1 aromatic rings. The smallest absolute Gasteiger partial charge is 0.255 e. The number of phenolic OH excluding ortho intramolecular Hbond substituents is 1. The first-order chi connectivity index (χ1) is 9.51. The lowest BCUT2D eigenvalue weighted by molar-refractivity contribution is -0.134. The van der Waals surface area contributed by atoms with Crippen LogP contribution in [0, 0.1) is 0 Å². The van der Waals surface area contributed by atoms with Crippen LogP contribution in [0.4, 0.5) is 0 Å². The number of hydrogen-bond donors (Lipinski definition) is 3. The molecule has 106 valence electrons. The van der Waals surface area contributed by atoms with Crippen molar-refractivity contribution in [1.29, 1.82) is 0 Å². The Morgan fingerprint density at radius 1 is 1.45 bits per heavy atom. The van der Waals surface area contributed by atoms with E-state index in [1.165, 1.54) is 25.3 Å². The Morgan fingerprint density at radius 3 is 2.85 bits per heavy atom. The highest BCUT2D eigenvalue weighted by atomic mass is 16.5. The maximum atomic E-state index is 12.0. The molecular weight excluding hydrogens is 264 g/mol. The average Bonchev–Trinajstić information content (AvgIpc) is 2.42. The molecule has 1 saturated heterocycles. The fraction of sp³-hybridized carbons (Fsp3) is 0.308. The third-order valence-corrected chi connectivity index (χ3v) is 2.99. The predicted molar refractivity (Wildman–Crippen MR) is 68.3 cm³/mol. The number of amides is 3. The number of aromatic hydroxyl groups is 1. The van der Waals surface area contributed by atoms with Crippen molar-refractivity contribution in [1.82, 2.24) is 10.6 Å². The number of piperidine rings is 1. The minimum absolute atomic E-state index is 0.00838. The Bertz CT molecular complexity index is 570. The molecule has 1 aromatic carbocycles. The van der Waals surface area contributed by atoms with Gasteiger partial charge in [-0.25, -0.2) is 0 Å². The zero-order valence-electron chi connectivity index (χ0n) is 10.8. The van der Waals surface area contributed by atoms with Gasteiger partial charge in [0.15, 0.2) is 0 Å². The second-order valence-electron chi connectivity index (χ2n) is 4.36. The summed E-state index contributed by atoms with van der Waals surface area (Å²) in [6, 6.07) is 3.43. The van der Waals surface area contributed by atoms with Crippen LogP contribution in [0.3, 0.4) is 0 Å². The summed E-state index contributed by atoms with van der Waals surface area (Å²) in [6.07, 6.45) is 0.405. The molecule has 0 aromatic heterocycles. The van der Waals surface area contributed by atoms with Crippen molar-refractivity contribution in [3.05, 3.63) is 23.8 Å². The van der Waals surface area contributed by atoms with Crippen molar-refractivity contribution >= 4 is 17.7 Å². The highest BCUT2D eigenvalue weighted by Crippen LogP contribution is 2.23. The summed E-state index contributed by atoms with van der Waals surface area (Å²) in [5.41, 5.74) is 0.00838. The standard InChI is InChI=1S/C13H14N2O5/c1-20-7-2-4-10(16)8(6-7)12(18)14-9-3-5-11(17)15-13(9)19/h2,4,6,9,16H,3,5H2,1H3,(H,14,18)(H,15,17,19). The Labute approximate surface area is 114 Å². The van der Waals surface area contributed by atoms with Crippen molar-refractivity contribution in [3.8, 4) is 11.5 Å². The Morgan fingerprint density at radius 2 is 2.20 bits per heavy atom. The van der Waals surface area contributed by atoms with E-state index in [1.807, 2.05) is 0 Å². The van der Waals surface area contributed by atoms with E-state index in [9.17, 15) is 19.5 Å². The van der Waals surface area contributed by atoms with Gasteiger partial charge in [-0.05, 0) is 24.6 Å². The second kappa shape index (κ2) is 5.60. The van der Waals surface area contributed by atoms with Crippen LogP contribution < -0.4 is 15.4 Å². The van der Waals surface area contributed by atoms with Gasteiger partial charge in [-0.3, -0.25) is 19.7 Å². The first kappa shape index (κ1) is 13.9. The minimum atomic E-state index is -0.786. The molecule has 1 unspecified atom stereocenters. The first-order valence-corrected chi connectivity index (χ1v) is 6.03. The van der Waals surface area contributed by atoms with Crippen LogP contribution in [-0.2, 0) is 9.59 Å². The van der Waals surface area contributed by atoms with Crippen molar-refractivity contribution in [3.63, 3.8) is 0 Å². The summed E-state index contributed by atoms with van der Waals surface area (Å²) in [4.78, 5) is 34.6. The number of imide groups is 1. The van der Waals surface area contributed by atoms with E-state index < -0.39 is 17.9 Å². The Hall–Kier alpha value is -2.57. The first-order valence-electron chi connectivity index (χ1n) is 6.03. The lowest BCUT2D eigenvalue weighted by Gasteiger charge is -2.22. The van der Waals surface area contributed by atoms with Gasteiger partial charge >= 0.3 is 0 Å². The molecule has 0 aliphatic carbocycles. The molecule has 0 saturated carbocycles. The monoisotopic (exact) mass is 278 g/mol. The van der Waals surface area contributed by atoms with Crippen LogP contribution in [-0.4, -0.2) is 36.0 Å². The van der Waals surface area contributed by atoms with Gasteiger partial charge in [0, 0.05) is 6.42 Å². The van der Waals surface area contributed by atoms with Gasteiger partial charge in [0.1, 0.15) is 17.5 Å². The van der Waals surface area contributed by atoms with Crippen LogP contribution >= 0.6 is 0 Å². The predicted octanol–water partition coefficient (Wildman–Crippen LogP) is -0.0642. The van der Waals surface area contributed by atoms with Gasteiger partial charge in [-0.1, -0.05) is 0 Å². The summed E-state index contributed by atoms with van der Waals surface area (Å²) in [6.45, 7) is 0. The normalized spacial score (nSPS) is 18.4. The Kier molecular flexibility index (Phi) is 3.88. The molecule has 3 N–H and O–H groups in total. The fourth-order valence-corrected chi connectivity index (χ4v) is 1.89. The molecule has 1 heterocycles. The molecule has 3 amide bonds. The van der Waals surface area contributed by atoms with E-state index in [1.54, 1.807) is 0 Å². The SMILES string of the molecule is COc1ccc(O)c(C(=O)NC2CCC(=O)NC2=O)c1. The van der Waals surface area contributed by atoms with Crippen molar-refractivity contribution in [2.24, 2.45) is 0 Å². The number of hydrogen-bond acceptors (Lipinski definition) is 5. The molecule has 0 radical (unpaired) electrons. The number of methoxy groups -OCH3 is 1. The summed E-state index contributed by atoms with van der Waals surface area (Å²) >= 11 is 0. The number of benzene rings is 1. The highest BCUT2D eigenvalue weighted by molar-refractivity contribution is 6.04. The zero-order valence-corrected chi connectivity index (χ0v) is 10.8. The number of phenols is 1. The maximum absolute atomic E-state index is 12.0. The highest BCUT2D eigenvalue weighted by Gasteiger charge is 2.28. The van der Waals surface area contributed by atoms with Gasteiger partial charge in [0.25, 0.3) is 5.91 Å². The molecule has 1 atom stereocenters. The van der Waals surface area contributed by atoms with Gasteiger partial charge in [0.2, 0.25) is 11.8 Å². The molecule has 20 heavy (non-hydrogen) atoms. The molecule has 2 rings (SSSR count).